The van der Waals surface area contributed by atoms with Crippen molar-refractivity contribution >= 4 is 23.1 Å². The number of rotatable bonds is 3. The van der Waals surface area contributed by atoms with Crippen LogP contribution in [-0.4, -0.2) is 10.2 Å². The van der Waals surface area contributed by atoms with Crippen molar-refractivity contribution in [1.29, 1.82) is 0 Å². The lowest BCUT2D eigenvalue weighted by atomic mass is 10.2. The van der Waals surface area contributed by atoms with Gasteiger partial charge in [-0.2, -0.15) is 0 Å². The molecule has 0 aliphatic heterocycles. The highest BCUT2D eigenvalue weighted by atomic mass is 32.2. The summed E-state index contributed by atoms with van der Waals surface area (Å²) in [5.41, 5.74) is 7.98. The smallest absolute Gasteiger partial charge is 0.178 e. The Morgan fingerprint density at radius 2 is 2.33 bits per heavy atom. The zero-order valence-corrected chi connectivity index (χ0v) is 9.32. The molecule has 6 heteroatoms. The van der Waals surface area contributed by atoms with Crippen LogP contribution in [0, 0.1) is 5.82 Å². The van der Waals surface area contributed by atoms with Gasteiger partial charge in [-0.15, -0.1) is 10.2 Å². The molecule has 15 heavy (non-hydrogen) atoms. The van der Waals surface area contributed by atoms with Crippen molar-refractivity contribution in [3.05, 3.63) is 35.1 Å². The van der Waals surface area contributed by atoms with Gasteiger partial charge in [-0.05, 0) is 23.8 Å². The molecule has 1 aromatic carbocycles. The molecular weight excluding hydrogens is 233 g/mol. The van der Waals surface area contributed by atoms with Crippen LogP contribution in [0.2, 0.25) is 0 Å². The lowest BCUT2D eigenvalue weighted by Crippen LogP contribution is -1.98. The van der Waals surface area contributed by atoms with E-state index in [2.05, 4.69) is 10.2 Å². The van der Waals surface area contributed by atoms with E-state index in [1.54, 1.807) is 11.6 Å². The minimum absolute atomic E-state index is 0.267. The van der Waals surface area contributed by atoms with Crippen molar-refractivity contribution in [1.82, 2.24) is 10.2 Å². The zero-order valence-electron chi connectivity index (χ0n) is 7.68. The van der Waals surface area contributed by atoms with Gasteiger partial charge in [-0.1, -0.05) is 23.1 Å². The number of hydrogen-bond acceptors (Lipinski definition) is 5. The van der Waals surface area contributed by atoms with Crippen LogP contribution in [0.15, 0.2) is 32.9 Å². The second kappa shape index (κ2) is 4.69. The topological polar surface area (TPSA) is 51.8 Å². The first-order chi connectivity index (χ1) is 7.29. The van der Waals surface area contributed by atoms with E-state index in [0.717, 1.165) is 14.8 Å². The van der Waals surface area contributed by atoms with Gasteiger partial charge in [-0.25, -0.2) is 4.39 Å². The molecule has 78 valence electrons. The molecule has 0 aliphatic carbocycles. The third kappa shape index (κ3) is 2.53. The Morgan fingerprint density at radius 3 is 3.00 bits per heavy atom. The van der Waals surface area contributed by atoms with Gasteiger partial charge < -0.3 is 5.73 Å². The van der Waals surface area contributed by atoms with E-state index < -0.39 is 0 Å². The summed E-state index contributed by atoms with van der Waals surface area (Å²) < 4.78 is 13.8. The van der Waals surface area contributed by atoms with E-state index in [1.165, 1.54) is 35.2 Å². The highest BCUT2D eigenvalue weighted by Crippen LogP contribution is 2.31. The van der Waals surface area contributed by atoms with E-state index in [0.29, 0.717) is 6.54 Å². The fourth-order valence-corrected chi connectivity index (χ4v) is 2.66. The van der Waals surface area contributed by atoms with E-state index in [4.69, 9.17) is 5.73 Å². The summed E-state index contributed by atoms with van der Waals surface area (Å²) in [6, 6.07) is 4.58. The second-order valence-electron chi connectivity index (χ2n) is 2.76. The summed E-state index contributed by atoms with van der Waals surface area (Å²) in [5, 5.41) is 7.64. The standard InChI is InChI=1S/C9H8FN3S2/c10-7-1-2-8(6(3-7)4-11)15-9-13-12-5-14-9/h1-3,5H,4,11H2. The van der Waals surface area contributed by atoms with Gasteiger partial charge in [0.1, 0.15) is 11.3 Å². The first kappa shape index (κ1) is 10.5. The predicted octanol–water partition coefficient (Wildman–Crippen LogP) is 2.29. The number of hydrogen-bond donors (Lipinski definition) is 1. The molecule has 0 fully saturated rings. The Morgan fingerprint density at radius 1 is 1.47 bits per heavy atom. The normalized spacial score (nSPS) is 10.5. The van der Waals surface area contributed by atoms with Crippen LogP contribution in [0.25, 0.3) is 0 Å². The first-order valence-electron chi connectivity index (χ1n) is 4.22. The monoisotopic (exact) mass is 241 g/mol. The Bertz CT molecular complexity index is 445. The molecular formula is C9H8FN3S2. The summed E-state index contributed by atoms with van der Waals surface area (Å²) in [6.45, 7) is 0.318. The van der Waals surface area contributed by atoms with E-state index in [1.807, 2.05) is 0 Å². The molecule has 0 amide bonds. The van der Waals surface area contributed by atoms with Crippen LogP contribution in [0.5, 0.6) is 0 Å². The summed E-state index contributed by atoms with van der Waals surface area (Å²) >= 11 is 2.90. The SMILES string of the molecule is NCc1cc(F)ccc1Sc1nncs1. The molecule has 0 spiro atoms. The quantitative estimate of drug-likeness (QED) is 0.895. The zero-order chi connectivity index (χ0) is 10.7. The Hall–Kier alpha value is -0.980. The van der Waals surface area contributed by atoms with Crippen molar-refractivity contribution in [2.75, 3.05) is 0 Å². The van der Waals surface area contributed by atoms with Gasteiger partial charge in [-0.3, -0.25) is 0 Å². The Labute approximate surface area is 94.5 Å². The van der Waals surface area contributed by atoms with Crippen molar-refractivity contribution in [2.24, 2.45) is 5.73 Å². The average molecular weight is 241 g/mol. The lowest BCUT2D eigenvalue weighted by molar-refractivity contribution is 0.623. The summed E-state index contributed by atoms with van der Waals surface area (Å²) in [4.78, 5) is 0.927. The number of aromatic nitrogens is 2. The molecule has 3 nitrogen and oxygen atoms in total. The van der Waals surface area contributed by atoms with Crippen molar-refractivity contribution in [3.8, 4) is 0 Å². The Kier molecular flexibility index (Phi) is 3.30. The summed E-state index contributed by atoms with van der Waals surface area (Å²) in [5.74, 6) is -0.267. The van der Waals surface area contributed by atoms with Crippen LogP contribution < -0.4 is 5.73 Å². The molecule has 2 aromatic rings. The maximum absolute atomic E-state index is 12.9. The molecule has 0 saturated heterocycles. The second-order valence-corrected chi connectivity index (χ2v) is 4.89. The lowest BCUT2D eigenvalue weighted by Gasteiger charge is -2.04. The van der Waals surface area contributed by atoms with Crippen LogP contribution in [0.3, 0.4) is 0 Å². The highest BCUT2D eigenvalue weighted by Gasteiger charge is 2.06. The molecule has 1 heterocycles. The van der Waals surface area contributed by atoms with E-state index >= 15 is 0 Å². The fraction of sp³-hybridized carbons (Fsp3) is 0.111. The maximum atomic E-state index is 12.9. The van der Waals surface area contributed by atoms with Gasteiger partial charge in [0.2, 0.25) is 0 Å². The molecule has 2 N–H and O–H groups in total. The highest BCUT2D eigenvalue weighted by molar-refractivity contribution is 8.01. The minimum atomic E-state index is -0.267. The predicted molar refractivity (Wildman–Crippen MR) is 58.3 cm³/mol. The van der Waals surface area contributed by atoms with Gasteiger partial charge in [0.15, 0.2) is 4.34 Å². The minimum Gasteiger partial charge on any atom is -0.326 e. The number of benzene rings is 1. The van der Waals surface area contributed by atoms with Crippen LogP contribution in [-0.2, 0) is 6.54 Å². The van der Waals surface area contributed by atoms with Gasteiger partial charge in [0, 0.05) is 11.4 Å². The molecule has 0 aliphatic rings. The number of nitrogens with zero attached hydrogens (tertiary/aromatic N) is 2. The average Bonchev–Trinajstić information content (AvgIpc) is 2.73. The Balaban J connectivity index is 2.28. The van der Waals surface area contributed by atoms with E-state index in [9.17, 15) is 4.39 Å². The third-order valence-corrected chi connectivity index (χ3v) is 3.68. The summed E-state index contributed by atoms with van der Waals surface area (Å²) in [7, 11) is 0. The van der Waals surface area contributed by atoms with Gasteiger partial charge in [0.05, 0.1) is 0 Å². The van der Waals surface area contributed by atoms with Crippen molar-refractivity contribution in [2.45, 2.75) is 15.8 Å². The van der Waals surface area contributed by atoms with Crippen LogP contribution in [0.1, 0.15) is 5.56 Å². The van der Waals surface area contributed by atoms with Crippen molar-refractivity contribution in [3.63, 3.8) is 0 Å². The van der Waals surface area contributed by atoms with Crippen LogP contribution >= 0.6 is 23.1 Å². The molecule has 1 aromatic heterocycles. The maximum Gasteiger partial charge on any atom is 0.178 e. The molecule has 0 radical (unpaired) electrons. The molecule has 0 saturated carbocycles. The molecule has 0 unspecified atom stereocenters. The molecule has 2 rings (SSSR count). The number of nitrogens with two attached hydrogens (primary N) is 1. The van der Waals surface area contributed by atoms with Gasteiger partial charge in [0.25, 0.3) is 0 Å². The third-order valence-electron chi connectivity index (χ3n) is 1.78. The fourth-order valence-electron chi connectivity index (χ4n) is 1.11. The van der Waals surface area contributed by atoms with E-state index in [-0.39, 0.29) is 5.82 Å². The van der Waals surface area contributed by atoms with Gasteiger partial charge >= 0.3 is 0 Å². The summed E-state index contributed by atoms with van der Waals surface area (Å²) in [6.07, 6.45) is 0. The largest absolute Gasteiger partial charge is 0.326 e. The molecule has 0 atom stereocenters. The van der Waals surface area contributed by atoms with Crippen molar-refractivity contribution < 1.29 is 4.39 Å². The van der Waals surface area contributed by atoms with Crippen LogP contribution in [0.4, 0.5) is 4.39 Å². The number of halogens is 1. The molecule has 0 bridgehead atoms. The first-order valence-corrected chi connectivity index (χ1v) is 5.91.